The number of para-hydroxylation sites is 1. The summed E-state index contributed by atoms with van der Waals surface area (Å²) < 4.78 is 12.4. The van der Waals surface area contributed by atoms with Gasteiger partial charge < -0.3 is 19.7 Å². The van der Waals surface area contributed by atoms with Crippen LogP contribution in [-0.4, -0.2) is 52.0 Å². The second-order valence-corrected chi connectivity index (χ2v) is 10.9. The molecule has 0 fully saturated rings. The maximum Gasteiger partial charge on any atom is 0.408 e. The minimum absolute atomic E-state index is 0.0593. The zero-order valence-corrected chi connectivity index (χ0v) is 24.0. The van der Waals surface area contributed by atoms with E-state index in [0.29, 0.717) is 17.5 Å². The van der Waals surface area contributed by atoms with Gasteiger partial charge in [0.1, 0.15) is 24.8 Å². The van der Waals surface area contributed by atoms with E-state index < -0.39 is 29.6 Å². The number of ether oxygens (including phenoxy) is 2. The lowest BCUT2D eigenvalue weighted by atomic mass is 10.0. The highest BCUT2D eigenvalue weighted by Gasteiger charge is 2.31. The fraction of sp³-hybridized carbons (Fsp3) is 0.273. The van der Waals surface area contributed by atoms with Gasteiger partial charge in [-0.3, -0.25) is 19.0 Å². The van der Waals surface area contributed by atoms with E-state index in [2.05, 4.69) is 5.32 Å². The topological polar surface area (TPSA) is 107 Å². The second-order valence-electron chi connectivity index (χ2n) is 10.9. The van der Waals surface area contributed by atoms with E-state index in [1.165, 1.54) is 9.47 Å². The van der Waals surface area contributed by atoms with Gasteiger partial charge in [0.05, 0.1) is 5.52 Å². The van der Waals surface area contributed by atoms with Crippen LogP contribution in [-0.2, 0) is 43.4 Å². The molecule has 1 heterocycles. The Kier molecular flexibility index (Phi) is 9.75. The molecule has 9 heteroatoms. The number of hydrogen-bond donors (Lipinski definition) is 1. The number of carbonyl (C=O) groups is 4. The van der Waals surface area contributed by atoms with E-state index in [1.54, 1.807) is 33.0 Å². The van der Waals surface area contributed by atoms with Crippen molar-refractivity contribution >= 4 is 35.3 Å². The third kappa shape index (κ3) is 8.30. The Morgan fingerprint density at radius 3 is 2.17 bits per heavy atom. The van der Waals surface area contributed by atoms with Crippen molar-refractivity contribution < 1.29 is 28.7 Å². The molecule has 4 rings (SSSR count). The number of hydrogen-bond acceptors (Lipinski definition) is 6. The molecule has 0 spiro atoms. The quantitative estimate of drug-likeness (QED) is 0.204. The number of amides is 2. The van der Waals surface area contributed by atoms with Crippen molar-refractivity contribution in [3.63, 3.8) is 0 Å². The number of esters is 1. The van der Waals surface area contributed by atoms with Crippen LogP contribution in [0.1, 0.15) is 37.5 Å². The maximum absolute atomic E-state index is 14.1. The number of nitrogens with zero attached hydrogens (tertiary/aromatic N) is 2. The molecular weight excluding hydrogens is 534 g/mol. The Morgan fingerprint density at radius 1 is 0.905 bits per heavy atom. The van der Waals surface area contributed by atoms with E-state index in [4.69, 9.17) is 9.47 Å². The van der Waals surface area contributed by atoms with E-state index in [9.17, 15) is 19.2 Å². The minimum atomic E-state index is -1.10. The van der Waals surface area contributed by atoms with Gasteiger partial charge in [-0.1, -0.05) is 78.9 Å². The molecule has 0 bridgehead atoms. The third-order valence-corrected chi connectivity index (χ3v) is 6.44. The molecule has 4 aromatic rings. The summed E-state index contributed by atoms with van der Waals surface area (Å²) in [5.41, 5.74) is 2.18. The van der Waals surface area contributed by atoms with Gasteiger partial charge >= 0.3 is 12.1 Å². The predicted molar refractivity (Wildman–Crippen MR) is 159 cm³/mol. The van der Waals surface area contributed by atoms with E-state index in [1.807, 2.05) is 78.9 Å². The van der Waals surface area contributed by atoms with Crippen LogP contribution >= 0.6 is 0 Å². The molecule has 1 N–H and O–H groups in total. The summed E-state index contributed by atoms with van der Waals surface area (Å²) in [6.07, 6.45) is 1.62. The molecule has 0 aliphatic carbocycles. The Hall–Kier alpha value is -4.92. The molecule has 0 saturated carbocycles. The summed E-state index contributed by atoms with van der Waals surface area (Å²) in [6, 6.07) is 24.7. The number of carbonyl (C=O) groups excluding carboxylic acids is 4. The second kappa shape index (κ2) is 13.6. The van der Waals surface area contributed by atoms with Crippen LogP contribution < -0.4 is 5.32 Å². The Bertz CT molecular complexity index is 1530. The molecule has 1 aromatic heterocycles. The third-order valence-electron chi connectivity index (χ3n) is 6.44. The monoisotopic (exact) mass is 569 g/mol. The predicted octanol–water partition coefficient (Wildman–Crippen LogP) is 4.89. The highest BCUT2D eigenvalue weighted by molar-refractivity contribution is 5.92. The first-order valence-electron chi connectivity index (χ1n) is 13.7. The van der Waals surface area contributed by atoms with Crippen LogP contribution in [0.25, 0.3) is 10.9 Å². The van der Waals surface area contributed by atoms with Gasteiger partial charge in [0, 0.05) is 24.5 Å². The number of aromatic nitrogens is 1. The average Bonchev–Trinajstić information content (AvgIpc) is 3.32. The average molecular weight is 570 g/mol. The molecule has 2 amide bonds. The zero-order valence-electron chi connectivity index (χ0n) is 24.0. The number of nitrogens with one attached hydrogen (secondary N) is 1. The van der Waals surface area contributed by atoms with Crippen LogP contribution in [0.3, 0.4) is 0 Å². The van der Waals surface area contributed by atoms with Crippen molar-refractivity contribution in [1.82, 2.24) is 14.8 Å². The standard InChI is InChI=1S/C33H35N3O6/c1-33(2,3)42-32(40)34-28(18-26-20-36(23-37)29-17-11-10-16-27(26)29)31(39)35(19-24-12-6-4-7-13-24)21-30(38)41-22-25-14-8-5-9-15-25/h4-17,20,23,28H,18-19,21-22H2,1-3H3,(H,34,40). The molecule has 42 heavy (non-hydrogen) atoms. The van der Waals surface area contributed by atoms with Gasteiger partial charge in [0.25, 0.3) is 0 Å². The van der Waals surface area contributed by atoms with Crippen molar-refractivity contribution in [3.8, 4) is 0 Å². The first-order valence-corrected chi connectivity index (χ1v) is 13.7. The molecule has 0 aliphatic heterocycles. The van der Waals surface area contributed by atoms with Crippen molar-refractivity contribution in [1.29, 1.82) is 0 Å². The number of alkyl carbamates (subject to hydrolysis) is 1. The smallest absolute Gasteiger partial charge is 0.408 e. The van der Waals surface area contributed by atoms with Gasteiger partial charge in [-0.2, -0.15) is 0 Å². The number of fused-ring (bicyclic) bond motifs is 1. The summed E-state index contributed by atoms with van der Waals surface area (Å²) in [4.78, 5) is 53.1. The summed E-state index contributed by atoms with van der Waals surface area (Å²) >= 11 is 0. The van der Waals surface area contributed by atoms with Crippen LogP contribution in [0.15, 0.2) is 91.1 Å². The van der Waals surface area contributed by atoms with Gasteiger partial charge in [0.15, 0.2) is 0 Å². The molecule has 0 aliphatic rings. The van der Waals surface area contributed by atoms with Crippen LogP contribution in [0.2, 0.25) is 0 Å². The summed E-state index contributed by atoms with van der Waals surface area (Å²) in [7, 11) is 0. The van der Waals surface area contributed by atoms with E-state index >= 15 is 0 Å². The maximum atomic E-state index is 14.1. The molecule has 1 atom stereocenters. The van der Waals surface area contributed by atoms with Crippen molar-refractivity contribution in [2.75, 3.05) is 6.54 Å². The lowest BCUT2D eigenvalue weighted by Crippen LogP contribution is -2.51. The number of rotatable bonds is 11. The summed E-state index contributed by atoms with van der Waals surface area (Å²) in [5.74, 6) is -1.08. The van der Waals surface area contributed by atoms with Crippen molar-refractivity contribution in [2.24, 2.45) is 0 Å². The van der Waals surface area contributed by atoms with Crippen LogP contribution in [0.5, 0.6) is 0 Å². The van der Waals surface area contributed by atoms with Crippen molar-refractivity contribution in [3.05, 3.63) is 108 Å². The number of benzene rings is 3. The SMILES string of the molecule is CC(C)(C)OC(=O)NC(Cc1cn(C=O)c2ccccc12)C(=O)N(CC(=O)OCc1ccccc1)Cc1ccccc1. The molecule has 3 aromatic carbocycles. The zero-order chi connectivity index (χ0) is 30.1. The van der Waals surface area contributed by atoms with Gasteiger partial charge in [-0.15, -0.1) is 0 Å². The normalized spacial score (nSPS) is 11.9. The Labute approximate surface area is 245 Å². The fourth-order valence-corrected chi connectivity index (χ4v) is 4.57. The van der Waals surface area contributed by atoms with Crippen molar-refractivity contribution in [2.45, 2.75) is 52.0 Å². The van der Waals surface area contributed by atoms with E-state index in [0.717, 1.165) is 16.5 Å². The van der Waals surface area contributed by atoms with Crippen LogP contribution in [0.4, 0.5) is 4.79 Å². The van der Waals surface area contributed by atoms with Gasteiger partial charge in [0.2, 0.25) is 12.3 Å². The summed E-state index contributed by atoms with van der Waals surface area (Å²) in [5, 5.41) is 3.48. The molecule has 218 valence electrons. The first-order chi connectivity index (χ1) is 20.1. The Balaban J connectivity index is 1.62. The highest BCUT2D eigenvalue weighted by atomic mass is 16.6. The molecule has 0 radical (unpaired) electrons. The molecule has 9 nitrogen and oxygen atoms in total. The van der Waals surface area contributed by atoms with Gasteiger partial charge in [-0.25, -0.2) is 4.79 Å². The van der Waals surface area contributed by atoms with E-state index in [-0.39, 0.29) is 26.1 Å². The first kappa shape index (κ1) is 30.0. The molecule has 1 unspecified atom stereocenters. The lowest BCUT2D eigenvalue weighted by Gasteiger charge is -2.28. The fourth-order valence-electron chi connectivity index (χ4n) is 4.57. The lowest BCUT2D eigenvalue weighted by molar-refractivity contribution is -0.151. The van der Waals surface area contributed by atoms with Gasteiger partial charge in [-0.05, 0) is 43.5 Å². The summed E-state index contributed by atoms with van der Waals surface area (Å²) in [6.45, 7) is 5.03. The Morgan fingerprint density at radius 2 is 1.52 bits per heavy atom. The molecular formula is C33H35N3O6. The largest absolute Gasteiger partial charge is 0.459 e. The highest BCUT2D eigenvalue weighted by Crippen LogP contribution is 2.23. The minimum Gasteiger partial charge on any atom is -0.459 e. The molecule has 0 saturated heterocycles. The van der Waals surface area contributed by atoms with Crippen LogP contribution in [0, 0.1) is 0 Å².